The minimum atomic E-state index is 0.314. The molecule has 3 aromatic heterocycles. The molecule has 3 heterocycles. The number of ether oxygens (including phenoxy) is 2. The summed E-state index contributed by atoms with van der Waals surface area (Å²) < 4.78 is 25.0. The van der Waals surface area contributed by atoms with Gasteiger partial charge in [0.1, 0.15) is 33.8 Å². The molecule has 9 aromatic rings. The Morgan fingerprint density at radius 2 is 0.837 bits per heavy atom. The summed E-state index contributed by atoms with van der Waals surface area (Å²) in [5.41, 5.74) is 3.55. The van der Waals surface area contributed by atoms with Crippen LogP contribution in [0.2, 0.25) is 0 Å². The molecular weight excluding hydrogens is 551 g/mol. The lowest BCUT2D eigenvalue weighted by Gasteiger charge is -2.11. The summed E-state index contributed by atoms with van der Waals surface area (Å²) in [5, 5.41) is 13.5. The van der Waals surface area contributed by atoms with Gasteiger partial charge in [0.05, 0.1) is 14.2 Å². The lowest BCUT2D eigenvalue weighted by molar-refractivity contribution is 0.416. The molecule has 0 bridgehead atoms. The largest absolute Gasteiger partial charge is 0.496 e. The quantitative estimate of drug-likeness (QED) is 0.205. The van der Waals surface area contributed by atoms with Gasteiger partial charge >= 0.3 is 0 Å². The van der Waals surface area contributed by atoms with Crippen LogP contribution < -0.4 is 9.47 Å². The maximum Gasteiger partial charge on any atom is 0.136 e. The summed E-state index contributed by atoms with van der Waals surface area (Å²) in [5.74, 6) is 1.60. The van der Waals surface area contributed by atoms with Crippen molar-refractivity contribution in [1.82, 2.24) is 0 Å². The minimum Gasteiger partial charge on any atom is -0.496 e. The second-order valence-electron chi connectivity index (χ2n) is 10.8. The monoisotopic (exact) mass is 576 g/mol. The molecule has 4 nitrogen and oxygen atoms in total. The summed E-state index contributed by atoms with van der Waals surface area (Å²) in [6.45, 7) is 0. The van der Waals surface area contributed by atoms with E-state index in [0.29, 0.717) is 8.19 Å². The van der Waals surface area contributed by atoms with Gasteiger partial charge in [-0.15, -0.1) is 8.19 Å². The van der Waals surface area contributed by atoms with Gasteiger partial charge in [0.2, 0.25) is 0 Å². The molecule has 0 fully saturated rings. The van der Waals surface area contributed by atoms with E-state index in [1.165, 1.54) is 10.2 Å². The molecule has 5 heteroatoms. The first-order chi connectivity index (χ1) is 21.2. The van der Waals surface area contributed by atoms with Crippen LogP contribution in [0.15, 0.2) is 118 Å². The van der Waals surface area contributed by atoms with Crippen molar-refractivity contribution in [2.24, 2.45) is 0 Å². The molecule has 0 radical (unpaired) electrons. The molecule has 0 saturated carbocycles. The number of methoxy groups -OCH3 is 2. The lowest BCUT2D eigenvalue weighted by Crippen LogP contribution is -1.89. The summed E-state index contributed by atoms with van der Waals surface area (Å²) in [4.78, 5) is 0. The van der Waals surface area contributed by atoms with Crippen molar-refractivity contribution in [3.63, 3.8) is 0 Å². The van der Waals surface area contributed by atoms with Gasteiger partial charge in [0.25, 0.3) is 0 Å². The zero-order valence-electron chi connectivity index (χ0n) is 23.5. The van der Waals surface area contributed by atoms with E-state index in [-0.39, 0.29) is 0 Å². The third-order valence-electron chi connectivity index (χ3n) is 8.66. The fraction of sp³-hybridized carbons (Fsp3) is 0.0526. The van der Waals surface area contributed by atoms with Crippen LogP contribution in [0.1, 0.15) is 0 Å². The molecule has 9 rings (SSSR count). The van der Waals surface area contributed by atoms with Crippen LogP contribution >= 0.6 is 8.19 Å². The van der Waals surface area contributed by atoms with Gasteiger partial charge in [-0.2, -0.15) is 0 Å². The Kier molecular flexibility index (Phi) is 5.20. The van der Waals surface area contributed by atoms with Crippen LogP contribution in [0.3, 0.4) is 0 Å². The number of para-hydroxylation sites is 2. The summed E-state index contributed by atoms with van der Waals surface area (Å²) in [7, 11) is 3.79. The normalized spacial score (nSPS) is 12.0. The highest BCUT2D eigenvalue weighted by Gasteiger charge is 2.18. The van der Waals surface area contributed by atoms with E-state index in [4.69, 9.17) is 18.3 Å². The van der Waals surface area contributed by atoms with E-state index >= 15 is 0 Å². The van der Waals surface area contributed by atoms with E-state index in [1.54, 1.807) is 14.2 Å². The minimum absolute atomic E-state index is 0.314. The highest BCUT2D eigenvalue weighted by atomic mass is 31.0. The Labute approximate surface area is 247 Å². The summed E-state index contributed by atoms with van der Waals surface area (Å²) in [6.07, 6.45) is 0. The first kappa shape index (κ1) is 24.4. The molecule has 206 valence electrons. The predicted molar refractivity (Wildman–Crippen MR) is 181 cm³/mol. The van der Waals surface area contributed by atoms with Crippen LogP contribution in [-0.2, 0) is 0 Å². The van der Waals surface area contributed by atoms with Gasteiger partial charge < -0.3 is 18.3 Å². The van der Waals surface area contributed by atoms with Crippen LogP contribution in [0.25, 0.3) is 86.4 Å². The van der Waals surface area contributed by atoms with E-state index in [0.717, 1.165) is 87.7 Å². The molecule has 0 unspecified atom stereocenters. The lowest BCUT2D eigenvalue weighted by atomic mass is 9.98. The van der Waals surface area contributed by atoms with Crippen LogP contribution in [0, 0.1) is 0 Å². The van der Waals surface area contributed by atoms with E-state index in [1.807, 2.05) is 36.4 Å². The second kappa shape index (κ2) is 9.16. The molecule has 0 N–H and O–H groups in total. The number of hydrogen-bond donors (Lipinski definition) is 0. The molecule has 0 amide bonds. The van der Waals surface area contributed by atoms with Gasteiger partial charge in [0, 0.05) is 42.6 Å². The zero-order valence-corrected chi connectivity index (χ0v) is 24.5. The molecule has 0 spiro atoms. The number of furan rings is 2. The fourth-order valence-electron chi connectivity index (χ4n) is 6.83. The number of fused-ring (bicyclic) bond motifs is 15. The molecular formula is C38H25O4P. The van der Waals surface area contributed by atoms with Crippen molar-refractivity contribution >= 4 is 94.6 Å². The highest BCUT2D eigenvalue weighted by Crippen LogP contribution is 2.48. The molecule has 0 aliphatic heterocycles. The topological polar surface area (TPSA) is 44.7 Å². The van der Waals surface area contributed by atoms with E-state index in [2.05, 4.69) is 72.8 Å². The molecule has 43 heavy (non-hydrogen) atoms. The number of hydrogen-bond acceptors (Lipinski definition) is 4. The number of rotatable bonds is 2. The van der Waals surface area contributed by atoms with Gasteiger partial charge in [-0.05, 0) is 70.1 Å². The van der Waals surface area contributed by atoms with Crippen molar-refractivity contribution in [2.45, 2.75) is 0 Å². The average Bonchev–Trinajstić information content (AvgIpc) is 3.63. The summed E-state index contributed by atoms with van der Waals surface area (Å²) >= 11 is 0. The smallest absolute Gasteiger partial charge is 0.136 e. The van der Waals surface area contributed by atoms with Gasteiger partial charge in [-0.1, -0.05) is 60.7 Å². The van der Waals surface area contributed by atoms with Crippen LogP contribution in [-0.4, -0.2) is 14.2 Å². The maximum absolute atomic E-state index is 6.42. The second-order valence-corrected chi connectivity index (χ2v) is 12.1. The molecule has 0 aliphatic rings. The predicted octanol–water partition coefficient (Wildman–Crippen LogP) is 11.3. The molecule has 0 saturated heterocycles. The van der Waals surface area contributed by atoms with Crippen molar-refractivity contribution in [3.05, 3.63) is 109 Å². The third kappa shape index (κ3) is 3.39. The van der Waals surface area contributed by atoms with Crippen LogP contribution in [0.4, 0.5) is 0 Å². The Bertz CT molecular complexity index is 2470. The Balaban J connectivity index is 1.73. The first-order valence-electron chi connectivity index (χ1n) is 14.3. The van der Waals surface area contributed by atoms with Crippen molar-refractivity contribution in [2.75, 3.05) is 14.2 Å². The molecule has 0 aliphatic carbocycles. The Hall–Kier alpha value is -5.18. The van der Waals surface area contributed by atoms with Crippen molar-refractivity contribution in [3.8, 4) is 11.5 Å². The number of benzene rings is 6. The van der Waals surface area contributed by atoms with E-state index in [9.17, 15) is 0 Å². The standard InChI is InChI=1S/C38H25O4P/c1-39-29-15-7-11-21-23-17-19-31-35(25-9-3-5-13-27(25)41-31)37(23)43-38-24(22-12-8-16-30(40-2)34(22)33(21)29)18-20-32-36(38)26-10-4-6-14-28(26)42-32/h3-20,43H,1-2H3. The maximum atomic E-state index is 6.42. The Morgan fingerprint density at radius 3 is 1.30 bits per heavy atom. The SMILES string of the molecule is COc1cccc2c3ccc4oc5ccccc5c4c3[pH]c3c(ccc4oc5ccccc5c43)c3cccc(OC)c3c12. The summed E-state index contributed by atoms with van der Waals surface area (Å²) in [6, 6.07) is 37.9. The molecule has 6 aromatic carbocycles. The highest BCUT2D eigenvalue weighted by molar-refractivity contribution is 7.44. The van der Waals surface area contributed by atoms with Crippen LogP contribution in [0.5, 0.6) is 11.5 Å². The van der Waals surface area contributed by atoms with Crippen molar-refractivity contribution in [1.29, 1.82) is 0 Å². The average molecular weight is 577 g/mol. The van der Waals surface area contributed by atoms with E-state index < -0.39 is 0 Å². The van der Waals surface area contributed by atoms with Gasteiger partial charge in [-0.3, -0.25) is 0 Å². The Morgan fingerprint density at radius 1 is 0.395 bits per heavy atom. The van der Waals surface area contributed by atoms with Crippen molar-refractivity contribution < 1.29 is 18.3 Å². The first-order valence-corrected chi connectivity index (χ1v) is 15.3. The molecule has 0 atom stereocenters. The zero-order chi connectivity index (χ0) is 28.7. The van der Waals surface area contributed by atoms with Gasteiger partial charge in [0.15, 0.2) is 0 Å². The third-order valence-corrected chi connectivity index (χ3v) is 10.2. The van der Waals surface area contributed by atoms with Gasteiger partial charge in [-0.25, -0.2) is 0 Å². The fourth-order valence-corrected chi connectivity index (χ4v) is 8.56.